The molecule has 2 N–H and O–H groups in total. The van der Waals surface area contributed by atoms with E-state index in [4.69, 9.17) is 0 Å². The molecule has 1 aliphatic rings. The Morgan fingerprint density at radius 3 is 2.28 bits per heavy atom. The van der Waals surface area contributed by atoms with Gasteiger partial charge in [0.05, 0.1) is 11.9 Å². The van der Waals surface area contributed by atoms with Crippen molar-refractivity contribution in [3.8, 4) is 11.3 Å². The number of aromatic nitrogens is 2. The van der Waals surface area contributed by atoms with Gasteiger partial charge in [-0.25, -0.2) is 5.43 Å². The van der Waals surface area contributed by atoms with Crippen LogP contribution in [0.15, 0.2) is 96.1 Å². The lowest BCUT2D eigenvalue weighted by molar-refractivity contribution is 0.0950. The average molecular weight is 467 g/mol. The van der Waals surface area contributed by atoms with Gasteiger partial charge in [-0.2, -0.15) is 10.2 Å². The molecule has 0 spiro atoms. The SMILES string of the molecule is O=C(N/N=C/c1c2ccccc2cc2ccccc12)c1cc(-c2ccc3c4c(cccc24)CC3)n[nH]1. The number of hydrazone groups is 1. The molecular formula is C31H22N4O. The Hall–Kier alpha value is -4.77. The van der Waals surface area contributed by atoms with Crippen molar-refractivity contribution in [2.45, 2.75) is 12.8 Å². The highest BCUT2D eigenvalue weighted by Crippen LogP contribution is 2.36. The zero-order valence-corrected chi connectivity index (χ0v) is 19.5. The third kappa shape index (κ3) is 3.28. The molecule has 0 saturated carbocycles. The fraction of sp³-hybridized carbons (Fsp3) is 0.0645. The zero-order chi connectivity index (χ0) is 24.1. The Morgan fingerprint density at radius 2 is 1.50 bits per heavy atom. The van der Waals surface area contributed by atoms with Gasteiger partial charge >= 0.3 is 0 Å². The molecule has 1 heterocycles. The van der Waals surface area contributed by atoms with Crippen LogP contribution in [0.5, 0.6) is 0 Å². The van der Waals surface area contributed by atoms with Gasteiger partial charge in [-0.05, 0) is 68.4 Å². The van der Waals surface area contributed by atoms with E-state index in [9.17, 15) is 4.79 Å². The summed E-state index contributed by atoms with van der Waals surface area (Å²) in [6.07, 6.45) is 3.88. The van der Waals surface area contributed by atoms with E-state index in [-0.39, 0.29) is 5.91 Å². The molecule has 0 unspecified atom stereocenters. The molecule has 7 rings (SSSR count). The van der Waals surface area contributed by atoms with Crippen molar-refractivity contribution >= 4 is 44.4 Å². The molecule has 0 atom stereocenters. The minimum atomic E-state index is -0.333. The second kappa shape index (κ2) is 8.17. The molecular weight excluding hydrogens is 444 g/mol. The number of carbonyl (C=O) groups is 1. The number of hydrogen-bond donors (Lipinski definition) is 2. The molecule has 1 aromatic heterocycles. The Morgan fingerprint density at radius 1 is 0.806 bits per heavy atom. The Labute approximate surface area is 207 Å². The molecule has 172 valence electrons. The summed E-state index contributed by atoms with van der Waals surface area (Å²) in [6.45, 7) is 0. The molecule has 36 heavy (non-hydrogen) atoms. The molecule has 0 radical (unpaired) electrons. The number of aromatic amines is 1. The Kier molecular flexibility index (Phi) is 4.67. The van der Waals surface area contributed by atoms with E-state index < -0.39 is 0 Å². The summed E-state index contributed by atoms with van der Waals surface area (Å²) in [6, 6.07) is 31.1. The zero-order valence-electron chi connectivity index (χ0n) is 19.5. The Balaban J connectivity index is 1.19. The van der Waals surface area contributed by atoms with E-state index in [1.165, 1.54) is 21.9 Å². The van der Waals surface area contributed by atoms with Gasteiger partial charge in [0.25, 0.3) is 5.91 Å². The third-order valence-electron chi connectivity index (χ3n) is 7.15. The maximum Gasteiger partial charge on any atom is 0.289 e. The fourth-order valence-corrected chi connectivity index (χ4v) is 5.45. The number of fused-ring (bicyclic) bond motifs is 2. The largest absolute Gasteiger partial charge is 0.289 e. The second-order valence-electron chi connectivity index (χ2n) is 9.21. The number of aryl methyl sites for hydroxylation is 2. The van der Waals surface area contributed by atoms with Crippen LogP contribution in [0.3, 0.4) is 0 Å². The smallest absolute Gasteiger partial charge is 0.272 e. The summed E-state index contributed by atoms with van der Waals surface area (Å²) in [4.78, 5) is 12.9. The van der Waals surface area contributed by atoms with Crippen LogP contribution in [0.1, 0.15) is 27.2 Å². The van der Waals surface area contributed by atoms with E-state index >= 15 is 0 Å². The number of hydrogen-bond acceptors (Lipinski definition) is 3. The lowest BCUT2D eigenvalue weighted by atomic mass is 9.97. The van der Waals surface area contributed by atoms with Crippen LogP contribution in [-0.2, 0) is 12.8 Å². The third-order valence-corrected chi connectivity index (χ3v) is 7.15. The highest BCUT2D eigenvalue weighted by Gasteiger charge is 2.18. The topological polar surface area (TPSA) is 70.1 Å². The van der Waals surface area contributed by atoms with Crippen molar-refractivity contribution in [1.29, 1.82) is 0 Å². The van der Waals surface area contributed by atoms with Crippen LogP contribution in [0, 0.1) is 0 Å². The van der Waals surface area contributed by atoms with E-state index in [0.29, 0.717) is 5.69 Å². The first kappa shape index (κ1) is 20.6. The van der Waals surface area contributed by atoms with Crippen LogP contribution < -0.4 is 5.43 Å². The fourth-order valence-electron chi connectivity index (χ4n) is 5.45. The second-order valence-corrected chi connectivity index (χ2v) is 9.21. The molecule has 0 aliphatic heterocycles. The summed E-state index contributed by atoms with van der Waals surface area (Å²) < 4.78 is 0. The molecule has 5 aromatic carbocycles. The monoisotopic (exact) mass is 466 g/mol. The number of rotatable bonds is 4. The van der Waals surface area contributed by atoms with Gasteiger partial charge in [-0.3, -0.25) is 9.89 Å². The van der Waals surface area contributed by atoms with Crippen LogP contribution in [0.4, 0.5) is 0 Å². The first-order chi connectivity index (χ1) is 17.8. The normalized spacial score (nSPS) is 12.8. The van der Waals surface area contributed by atoms with Crippen molar-refractivity contribution in [1.82, 2.24) is 15.6 Å². The highest BCUT2D eigenvalue weighted by atomic mass is 16.2. The van der Waals surface area contributed by atoms with E-state index in [0.717, 1.165) is 51.2 Å². The number of nitrogens with zero attached hydrogens (tertiary/aromatic N) is 2. The Bertz CT molecular complexity index is 1780. The molecule has 5 heteroatoms. The van der Waals surface area contributed by atoms with Gasteiger partial charge < -0.3 is 0 Å². The van der Waals surface area contributed by atoms with Gasteiger partial charge in [0.2, 0.25) is 0 Å². The van der Waals surface area contributed by atoms with Crippen LogP contribution in [-0.4, -0.2) is 22.3 Å². The van der Waals surface area contributed by atoms with Crippen molar-refractivity contribution in [3.05, 3.63) is 113 Å². The quantitative estimate of drug-likeness (QED) is 0.179. The molecule has 1 aliphatic carbocycles. The summed E-state index contributed by atoms with van der Waals surface area (Å²) in [5.74, 6) is -0.333. The predicted molar refractivity (Wildman–Crippen MR) is 145 cm³/mol. The van der Waals surface area contributed by atoms with Gasteiger partial charge in [-0.1, -0.05) is 78.9 Å². The molecule has 0 saturated heterocycles. The number of amides is 1. The van der Waals surface area contributed by atoms with Gasteiger partial charge in [-0.15, -0.1) is 0 Å². The van der Waals surface area contributed by atoms with Crippen LogP contribution >= 0.6 is 0 Å². The standard InChI is InChI=1S/C31H22N4O/c36-31(35-32-18-27-23-9-3-1-6-21(23)16-22-7-2-4-10-24(22)27)29-17-28(33-34-29)25-15-14-20-13-12-19-8-5-11-26(25)30(19)20/h1-11,14-18H,12-13H2,(H,33,34)(H,35,36)/b32-18+. The first-order valence-electron chi connectivity index (χ1n) is 12.1. The van der Waals surface area contributed by atoms with Gasteiger partial charge in [0.15, 0.2) is 0 Å². The maximum absolute atomic E-state index is 12.9. The van der Waals surface area contributed by atoms with Crippen molar-refractivity contribution in [3.63, 3.8) is 0 Å². The van der Waals surface area contributed by atoms with E-state index in [2.05, 4.69) is 81.4 Å². The minimum Gasteiger partial charge on any atom is -0.272 e. The van der Waals surface area contributed by atoms with Crippen molar-refractivity contribution < 1.29 is 4.79 Å². The van der Waals surface area contributed by atoms with Crippen molar-refractivity contribution in [2.75, 3.05) is 0 Å². The molecule has 0 bridgehead atoms. The first-order valence-corrected chi connectivity index (χ1v) is 12.1. The van der Waals surface area contributed by atoms with Crippen LogP contribution in [0.2, 0.25) is 0 Å². The van der Waals surface area contributed by atoms with E-state index in [1.807, 2.05) is 24.3 Å². The number of nitrogens with one attached hydrogen (secondary N) is 2. The molecule has 5 nitrogen and oxygen atoms in total. The average Bonchev–Trinajstić information content (AvgIpc) is 3.58. The predicted octanol–water partition coefficient (Wildman–Crippen LogP) is 6.40. The van der Waals surface area contributed by atoms with Crippen molar-refractivity contribution in [2.24, 2.45) is 5.10 Å². The number of H-pyrrole nitrogens is 1. The number of benzene rings is 5. The lowest BCUT2D eigenvalue weighted by Gasteiger charge is -2.07. The minimum absolute atomic E-state index is 0.333. The number of carbonyl (C=O) groups excluding carboxylic acids is 1. The highest BCUT2D eigenvalue weighted by molar-refractivity contribution is 6.13. The molecule has 0 fully saturated rings. The summed E-state index contributed by atoms with van der Waals surface area (Å²) in [5, 5.41) is 18.6. The van der Waals surface area contributed by atoms with Crippen LogP contribution in [0.25, 0.3) is 43.6 Å². The summed E-state index contributed by atoms with van der Waals surface area (Å²) >= 11 is 0. The van der Waals surface area contributed by atoms with Gasteiger partial charge in [0, 0.05) is 11.1 Å². The summed E-state index contributed by atoms with van der Waals surface area (Å²) in [5.41, 5.74) is 8.55. The van der Waals surface area contributed by atoms with E-state index in [1.54, 1.807) is 12.3 Å². The lowest BCUT2D eigenvalue weighted by Crippen LogP contribution is -2.18. The van der Waals surface area contributed by atoms with Gasteiger partial charge in [0.1, 0.15) is 5.69 Å². The summed E-state index contributed by atoms with van der Waals surface area (Å²) in [7, 11) is 0. The molecule has 6 aromatic rings. The molecule has 1 amide bonds. The maximum atomic E-state index is 12.9.